The molecular formula is C47H28N4. The third-order valence-electron chi connectivity index (χ3n) is 10.4. The fourth-order valence-electron chi connectivity index (χ4n) is 8.23. The molecule has 2 aliphatic carbocycles. The highest BCUT2D eigenvalue weighted by Gasteiger charge is 2.18. The van der Waals surface area contributed by atoms with E-state index >= 15 is 0 Å². The molecule has 0 fully saturated rings. The zero-order valence-corrected chi connectivity index (χ0v) is 27.5. The summed E-state index contributed by atoms with van der Waals surface area (Å²) in [7, 11) is 0. The van der Waals surface area contributed by atoms with Gasteiger partial charge in [0.2, 0.25) is 0 Å². The molecule has 0 amide bonds. The van der Waals surface area contributed by atoms with Crippen LogP contribution in [0.3, 0.4) is 0 Å². The first-order valence-electron chi connectivity index (χ1n) is 17.2. The fraction of sp³-hybridized carbons (Fsp3) is 0. The highest BCUT2D eigenvalue weighted by Crippen LogP contribution is 2.36. The Bertz CT molecular complexity index is 3320. The Balaban J connectivity index is 1.15. The number of nitrogens with zero attached hydrogens (tertiary/aromatic N) is 4. The lowest BCUT2D eigenvalue weighted by atomic mass is 10.0. The molecule has 0 unspecified atom stereocenters. The van der Waals surface area contributed by atoms with Crippen LogP contribution in [0.15, 0.2) is 158 Å². The van der Waals surface area contributed by atoms with E-state index in [2.05, 4.69) is 170 Å². The average Bonchev–Trinajstić information content (AvgIpc) is 3.89. The molecule has 4 heterocycles. The number of hydrogen-bond donors (Lipinski definition) is 0. The zero-order chi connectivity index (χ0) is 33.5. The highest BCUT2D eigenvalue weighted by atomic mass is 15.0. The van der Waals surface area contributed by atoms with Crippen LogP contribution in [0.1, 0.15) is 0 Å². The van der Waals surface area contributed by atoms with E-state index in [0.29, 0.717) is 0 Å². The second kappa shape index (κ2) is 10.7. The third-order valence-corrected chi connectivity index (χ3v) is 10.4. The summed E-state index contributed by atoms with van der Waals surface area (Å²) in [6.07, 6.45) is 16.5. The van der Waals surface area contributed by atoms with E-state index in [1.54, 1.807) is 0 Å². The van der Waals surface area contributed by atoms with E-state index in [1.807, 2.05) is 30.6 Å². The number of rotatable bonds is 4. The van der Waals surface area contributed by atoms with Crippen LogP contribution in [-0.4, -0.2) is 18.7 Å². The van der Waals surface area contributed by atoms with Gasteiger partial charge in [-0.2, -0.15) is 0 Å². The molecule has 0 bridgehead atoms. The Kier molecular flexibility index (Phi) is 5.84. The van der Waals surface area contributed by atoms with Crippen LogP contribution in [0.4, 0.5) is 0 Å². The molecule has 4 aromatic heterocycles. The molecule has 0 N–H and O–H groups in total. The van der Waals surface area contributed by atoms with Crippen LogP contribution in [0, 0.1) is 0 Å². The van der Waals surface area contributed by atoms with Gasteiger partial charge < -0.3 is 13.7 Å². The lowest BCUT2D eigenvalue weighted by Crippen LogP contribution is -2.28. The predicted octanol–water partition coefficient (Wildman–Crippen LogP) is 7.75. The van der Waals surface area contributed by atoms with Crippen molar-refractivity contribution in [3.8, 4) is 28.2 Å². The standard InChI is InChI=1S/C47H28N4/c1-3-12-32(13-4-1)49-45-24-22-31(28-38(45)40-30-48-27-26-47(40)49)34-14-7-9-19-41(34)51-44-18-6-2-5-15-37(44)39-29-33(23-25-46(39)51)50-42-20-10-8-16-35(42)36-17-11-21-43(36)50/h1,3-16,18-30H. The summed E-state index contributed by atoms with van der Waals surface area (Å²) in [6, 6.07) is 43.7. The summed E-state index contributed by atoms with van der Waals surface area (Å²) in [4.78, 5) is 4.54. The Labute approximate surface area is 292 Å². The van der Waals surface area contributed by atoms with Gasteiger partial charge in [-0.25, -0.2) is 0 Å². The van der Waals surface area contributed by atoms with Crippen molar-refractivity contribution in [3.05, 3.63) is 179 Å². The molecule has 51 heavy (non-hydrogen) atoms. The monoisotopic (exact) mass is 648 g/mol. The molecule has 0 aliphatic heterocycles. The lowest BCUT2D eigenvalue weighted by molar-refractivity contribution is 1.06. The number of pyridine rings is 1. The van der Waals surface area contributed by atoms with Crippen molar-refractivity contribution in [2.24, 2.45) is 0 Å². The van der Waals surface area contributed by atoms with Crippen LogP contribution in [0.25, 0.3) is 95.8 Å². The molecule has 0 spiro atoms. The van der Waals surface area contributed by atoms with Gasteiger partial charge in [-0.05, 0) is 103 Å². The number of hydrogen-bond acceptors (Lipinski definition) is 1. The van der Waals surface area contributed by atoms with Gasteiger partial charge in [0.25, 0.3) is 0 Å². The SMILES string of the molecule is C1=CC=c2c(n(-c3ccccc3-c3ccc4c(c3)c3cnccc3n4-c3ccccc3)c3ccc(-n4c5c(c6ccccc64)=C=CC=5)cc23)=CC=1. The van der Waals surface area contributed by atoms with E-state index in [0.717, 1.165) is 60.7 Å². The predicted molar refractivity (Wildman–Crippen MR) is 210 cm³/mol. The molecule has 9 aromatic rings. The third kappa shape index (κ3) is 4.00. The lowest BCUT2D eigenvalue weighted by Gasteiger charge is -2.14. The molecule has 11 rings (SSSR count). The van der Waals surface area contributed by atoms with Crippen molar-refractivity contribution < 1.29 is 0 Å². The van der Waals surface area contributed by atoms with Crippen molar-refractivity contribution >= 4 is 67.6 Å². The maximum Gasteiger partial charge on any atom is 0.0625 e. The van der Waals surface area contributed by atoms with Crippen LogP contribution < -0.4 is 21.1 Å². The summed E-state index contributed by atoms with van der Waals surface area (Å²) in [5.74, 6) is 0. The van der Waals surface area contributed by atoms with E-state index in [-0.39, 0.29) is 0 Å². The first-order valence-corrected chi connectivity index (χ1v) is 17.2. The van der Waals surface area contributed by atoms with Gasteiger partial charge in [0.15, 0.2) is 0 Å². The topological polar surface area (TPSA) is 27.7 Å². The van der Waals surface area contributed by atoms with Gasteiger partial charge in [0.1, 0.15) is 0 Å². The highest BCUT2D eigenvalue weighted by molar-refractivity contribution is 6.10. The minimum atomic E-state index is 1.13. The Morgan fingerprint density at radius 1 is 0.490 bits per heavy atom. The number of allylic oxidation sites excluding steroid dienone is 2. The van der Waals surface area contributed by atoms with Crippen molar-refractivity contribution in [3.63, 3.8) is 0 Å². The van der Waals surface area contributed by atoms with Gasteiger partial charge in [0, 0.05) is 61.3 Å². The largest absolute Gasteiger partial charge is 0.309 e. The van der Waals surface area contributed by atoms with Crippen LogP contribution in [0.2, 0.25) is 0 Å². The normalized spacial score (nSPS) is 12.9. The van der Waals surface area contributed by atoms with E-state index in [4.69, 9.17) is 0 Å². The number of para-hydroxylation sites is 3. The van der Waals surface area contributed by atoms with E-state index < -0.39 is 0 Å². The number of benzene rings is 5. The average molecular weight is 649 g/mol. The first-order chi connectivity index (χ1) is 25.3. The smallest absolute Gasteiger partial charge is 0.0625 e. The Morgan fingerprint density at radius 3 is 2.22 bits per heavy atom. The molecule has 236 valence electrons. The molecule has 4 nitrogen and oxygen atoms in total. The second-order valence-electron chi connectivity index (χ2n) is 13.1. The molecule has 2 aliphatic rings. The van der Waals surface area contributed by atoms with Gasteiger partial charge in [0.05, 0.1) is 38.5 Å². The molecular weight excluding hydrogens is 621 g/mol. The molecule has 0 saturated heterocycles. The van der Waals surface area contributed by atoms with E-state index in [9.17, 15) is 0 Å². The summed E-state index contributed by atoms with van der Waals surface area (Å²) >= 11 is 0. The molecule has 4 heteroatoms. The van der Waals surface area contributed by atoms with Crippen molar-refractivity contribution in [1.82, 2.24) is 18.7 Å². The van der Waals surface area contributed by atoms with Gasteiger partial charge >= 0.3 is 0 Å². The molecule has 5 aromatic carbocycles. The molecule has 0 atom stereocenters. The minimum absolute atomic E-state index is 1.13. The molecule has 0 radical (unpaired) electrons. The van der Waals surface area contributed by atoms with Crippen molar-refractivity contribution in [1.29, 1.82) is 0 Å². The quantitative estimate of drug-likeness (QED) is 0.180. The Hall–Kier alpha value is -7.09. The van der Waals surface area contributed by atoms with Gasteiger partial charge in [-0.1, -0.05) is 60.7 Å². The van der Waals surface area contributed by atoms with Crippen LogP contribution in [-0.2, 0) is 0 Å². The number of fused-ring (bicyclic) bond motifs is 9. The number of aromatic nitrogens is 4. The molecule has 0 saturated carbocycles. The fourth-order valence-corrected chi connectivity index (χ4v) is 8.23. The minimum Gasteiger partial charge on any atom is -0.309 e. The first kappa shape index (κ1) is 27.8. The van der Waals surface area contributed by atoms with Gasteiger partial charge in [-0.15, -0.1) is 11.5 Å². The van der Waals surface area contributed by atoms with Crippen molar-refractivity contribution in [2.75, 3.05) is 0 Å². The summed E-state index contributed by atoms with van der Waals surface area (Å²) in [5, 5.41) is 9.35. The van der Waals surface area contributed by atoms with Gasteiger partial charge in [-0.3, -0.25) is 4.98 Å². The van der Waals surface area contributed by atoms with E-state index in [1.165, 1.54) is 32.2 Å². The summed E-state index contributed by atoms with van der Waals surface area (Å²) in [6.45, 7) is 0. The van der Waals surface area contributed by atoms with Crippen LogP contribution >= 0.6 is 0 Å². The second-order valence-corrected chi connectivity index (χ2v) is 13.1. The maximum absolute atomic E-state index is 4.54. The summed E-state index contributed by atoms with van der Waals surface area (Å²) in [5.41, 5.74) is 17.1. The summed E-state index contributed by atoms with van der Waals surface area (Å²) < 4.78 is 7.11. The van der Waals surface area contributed by atoms with Crippen LogP contribution in [0.5, 0.6) is 0 Å². The maximum atomic E-state index is 4.54. The Morgan fingerprint density at radius 2 is 1.25 bits per heavy atom. The zero-order valence-electron chi connectivity index (χ0n) is 27.5. The van der Waals surface area contributed by atoms with Crippen molar-refractivity contribution in [2.45, 2.75) is 0 Å².